The fourth-order valence-electron chi connectivity index (χ4n) is 4.84. The number of likely N-dealkylation sites (tertiary alicyclic amines) is 1. The van der Waals surface area contributed by atoms with Gasteiger partial charge in [-0.15, -0.1) is 0 Å². The SMILES string of the molecule is CC(=O)O.[2H]C([2H])(Oc1ccc(Cn2c(-c3ccc(O)cc3)c(C)c3cc(O)ccc32)cc1)C([2H])([2H])N1CCCCCC1. The monoisotopic (exact) mass is 534 g/mol. The van der Waals surface area contributed by atoms with Gasteiger partial charge >= 0.3 is 0 Å². The van der Waals surface area contributed by atoms with Gasteiger partial charge in [-0.25, -0.2) is 0 Å². The van der Waals surface area contributed by atoms with Crippen LogP contribution in [-0.4, -0.2) is 56.9 Å². The zero-order valence-electron chi connectivity index (χ0n) is 26.4. The largest absolute Gasteiger partial charge is 0.508 e. The number of aryl methyl sites for hydroxylation is 1. The third-order valence-corrected chi connectivity index (χ3v) is 6.68. The molecule has 0 spiro atoms. The predicted octanol–water partition coefficient (Wildman–Crippen LogP) is 6.42. The molecule has 3 aromatic carbocycles. The van der Waals surface area contributed by atoms with E-state index in [4.69, 9.17) is 20.1 Å². The Morgan fingerprint density at radius 2 is 1.54 bits per heavy atom. The van der Waals surface area contributed by atoms with Crippen molar-refractivity contribution in [1.82, 2.24) is 9.47 Å². The number of aromatic nitrogens is 1. The molecule has 0 unspecified atom stereocenters. The molecule has 1 saturated heterocycles. The Balaban J connectivity index is 0.000000996. The van der Waals surface area contributed by atoms with E-state index in [1.807, 2.05) is 37.3 Å². The summed E-state index contributed by atoms with van der Waals surface area (Å²) in [6, 6.07) is 19.4. The summed E-state index contributed by atoms with van der Waals surface area (Å²) in [7, 11) is 0. The first-order valence-corrected chi connectivity index (χ1v) is 13.1. The molecule has 1 aromatic heterocycles. The third kappa shape index (κ3) is 7.54. The van der Waals surface area contributed by atoms with Gasteiger partial charge in [-0.2, -0.15) is 0 Å². The van der Waals surface area contributed by atoms with E-state index in [0.717, 1.165) is 65.9 Å². The number of fused-ring (bicyclic) bond motifs is 1. The van der Waals surface area contributed by atoms with Crippen LogP contribution < -0.4 is 4.74 Å². The van der Waals surface area contributed by atoms with Crippen molar-refractivity contribution in [3.8, 4) is 28.5 Å². The quantitative estimate of drug-likeness (QED) is 0.253. The summed E-state index contributed by atoms with van der Waals surface area (Å²) in [6.07, 6.45) is 3.76. The topological polar surface area (TPSA) is 95.2 Å². The minimum Gasteiger partial charge on any atom is -0.508 e. The Morgan fingerprint density at radius 3 is 2.18 bits per heavy atom. The first-order valence-electron chi connectivity index (χ1n) is 15.1. The van der Waals surface area contributed by atoms with Crippen molar-refractivity contribution >= 4 is 16.9 Å². The fraction of sp³-hybridized carbons (Fsp3) is 0.344. The van der Waals surface area contributed by atoms with Crippen LogP contribution in [0, 0.1) is 6.92 Å². The Bertz CT molecular complexity index is 1540. The minimum atomic E-state index is -2.53. The number of nitrogens with zero attached hydrogens (tertiary/aromatic N) is 2. The highest BCUT2D eigenvalue weighted by Crippen LogP contribution is 2.36. The lowest BCUT2D eigenvalue weighted by Gasteiger charge is -2.19. The van der Waals surface area contributed by atoms with Crippen molar-refractivity contribution in [3.05, 3.63) is 77.9 Å². The van der Waals surface area contributed by atoms with Crippen molar-refractivity contribution in [2.75, 3.05) is 26.1 Å². The molecular weight excluding hydrogens is 492 g/mol. The lowest BCUT2D eigenvalue weighted by atomic mass is 10.1. The van der Waals surface area contributed by atoms with Gasteiger partial charge in [0.25, 0.3) is 5.97 Å². The highest BCUT2D eigenvalue weighted by molar-refractivity contribution is 5.92. The van der Waals surface area contributed by atoms with Crippen molar-refractivity contribution in [2.24, 2.45) is 0 Å². The number of aromatic hydroxyl groups is 2. The van der Waals surface area contributed by atoms with Gasteiger partial charge in [-0.05, 0) is 104 Å². The molecular formula is C32H38N2O5. The maximum atomic E-state index is 10.1. The highest BCUT2D eigenvalue weighted by atomic mass is 16.5. The molecule has 206 valence electrons. The first-order chi connectivity index (χ1) is 20.3. The molecule has 0 bridgehead atoms. The van der Waals surface area contributed by atoms with Gasteiger partial charge in [0.05, 0.1) is 8.44 Å². The molecule has 39 heavy (non-hydrogen) atoms. The Kier molecular flexibility index (Phi) is 7.77. The van der Waals surface area contributed by atoms with E-state index in [1.165, 1.54) is 0 Å². The maximum absolute atomic E-state index is 10.1. The molecule has 0 amide bonds. The summed E-state index contributed by atoms with van der Waals surface area (Å²) in [5.41, 5.74) is 4.82. The average Bonchev–Trinajstić information content (AvgIpc) is 3.10. The van der Waals surface area contributed by atoms with Gasteiger partial charge < -0.3 is 24.6 Å². The zero-order valence-corrected chi connectivity index (χ0v) is 22.4. The van der Waals surface area contributed by atoms with Crippen molar-refractivity contribution < 1.29 is 30.3 Å². The lowest BCUT2D eigenvalue weighted by molar-refractivity contribution is -0.134. The maximum Gasteiger partial charge on any atom is 0.300 e. The first kappa shape index (κ1) is 23.0. The van der Waals surface area contributed by atoms with Gasteiger partial charge in [-0.3, -0.25) is 9.69 Å². The van der Waals surface area contributed by atoms with Crippen LogP contribution in [0.2, 0.25) is 0 Å². The summed E-state index contributed by atoms with van der Waals surface area (Å²) >= 11 is 0. The molecule has 7 heteroatoms. The van der Waals surface area contributed by atoms with Gasteiger partial charge in [0.2, 0.25) is 0 Å². The molecule has 5 rings (SSSR count). The third-order valence-electron chi connectivity index (χ3n) is 6.68. The number of hydrogen-bond acceptors (Lipinski definition) is 5. The fourth-order valence-corrected chi connectivity index (χ4v) is 4.84. The van der Waals surface area contributed by atoms with Crippen molar-refractivity contribution in [1.29, 1.82) is 0 Å². The Labute approximate surface area is 235 Å². The summed E-state index contributed by atoms with van der Waals surface area (Å²) in [5.74, 6) is -0.192. The normalized spacial score (nSPS) is 16.2. The van der Waals surface area contributed by atoms with Crippen LogP contribution >= 0.6 is 0 Å². The van der Waals surface area contributed by atoms with Crippen LogP contribution in [0.4, 0.5) is 0 Å². The van der Waals surface area contributed by atoms with E-state index in [-0.39, 0.29) is 17.2 Å². The second-order valence-electron chi connectivity index (χ2n) is 9.69. The predicted molar refractivity (Wildman–Crippen MR) is 155 cm³/mol. The van der Waals surface area contributed by atoms with Crippen LogP contribution in [0.3, 0.4) is 0 Å². The van der Waals surface area contributed by atoms with Crippen LogP contribution in [0.25, 0.3) is 22.2 Å². The van der Waals surface area contributed by atoms with Gasteiger partial charge in [0, 0.05) is 33.6 Å². The number of rotatable bonds is 7. The summed E-state index contributed by atoms with van der Waals surface area (Å²) in [4.78, 5) is 10.6. The van der Waals surface area contributed by atoms with E-state index in [1.54, 1.807) is 41.3 Å². The molecule has 0 aliphatic carbocycles. The number of phenolic OH excluding ortho intramolecular Hbond substituents is 2. The smallest absolute Gasteiger partial charge is 0.300 e. The second kappa shape index (κ2) is 13.2. The number of benzene rings is 3. The molecule has 0 radical (unpaired) electrons. The van der Waals surface area contributed by atoms with E-state index in [9.17, 15) is 10.2 Å². The van der Waals surface area contributed by atoms with Crippen LogP contribution in [-0.2, 0) is 11.3 Å². The number of hydrogen-bond donors (Lipinski definition) is 3. The average molecular weight is 535 g/mol. The number of phenols is 2. The van der Waals surface area contributed by atoms with Gasteiger partial charge in [-0.1, -0.05) is 25.0 Å². The van der Waals surface area contributed by atoms with E-state index >= 15 is 0 Å². The minimum absolute atomic E-state index is 0.187. The van der Waals surface area contributed by atoms with Crippen molar-refractivity contribution in [3.63, 3.8) is 0 Å². The molecule has 1 aliphatic heterocycles. The van der Waals surface area contributed by atoms with Crippen molar-refractivity contribution in [2.45, 2.75) is 46.1 Å². The summed E-state index contributed by atoms with van der Waals surface area (Å²) < 4.78 is 41.7. The van der Waals surface area contributed by atoms with Gasteiger partial charge in [0.1, 0.15) is 23.8 Å². The Hall–Kier alpha value is -3.97. The molecule has 2 heterocycles. The molecule has 4 aromatic rings. The Morgan fingerprint density at radius 1 is 0.923 bits per heavy atom. The molecule has 7 nitrogen and oxygen atoms in total. The summed E-state index contributed by atoms with van der Waals surface area (Å²) in [6.45, 7) is -0.159. The molecule has 3 N–H and O–H groups in total. The van der Waals surface area contributed by atoms with Crippen LogP contribution in [0.5, 0.6) is 17.2 Å². The van der Waals surface area contributed by atoms with E-state index in [0.29, 0.717) is 19.6 Å². The second-order valence-corrected chi connectivity index (χ2v) is 9.69. The summed E-state index contributed by atoms with van der Waals surface area (Å²) in [5, 5.41) is 28.3. The number of carboxylic acid groups (broad SMARTS) is 1. The number of carbonyl (C=O) groups is 1. The lowest BCUT2D eigenvalue weighted by Crippen LogP contribution is -2.29. The highest BCUT2D eigenvalue weighted by Gasteiger charge is 2.17. The molecule has 1 aliphatic rings. The van der Waals surface area contributed by atoms with E-state index in [2.05, 4.69) is 4.57 Å². The van der Waals surface area contributed by atoms with E-state index < -0.39 is 19.0 Å². The molecule has 0 atom stereocenters. The number of carboxylic acids is 1. The molecule has 1 fully saturated rings. The van der Waals surface area contributed by atoms with Crippen LogP contribution in [0.1, 0.15) is 49.2 Å². The number of ether oxygens (including phenoxy) is 1. The number of aliphatic carboxylic acids is 1. The zero-order chi connectivity index (χ0) is 31.4. The molecule has 0 saturated carbocycles. The van der Waals surface area contributed by atoms with Crippen LogP contribution in [0.15, 0.2) is 66.7 Å². The standard InChI is InChI=1S/C30H34N2O3.C2H4O2/c1-22-28-20-26(34)12-15-29(28)32(30(22)24-8-10-25(33)11-9-24)21-23-6-13-27(14-7-23)35-19-18-31-16-4-2-3-5-17-31;1-2(3)4/h6-15,20,33-34H,2-5,16-19,21H2,1H3;1H3,(H,3,4)/i18D2,19D2;. The van der Waals surface area contributed by atoms with Gasteiger partial charge in [0.15, 0.2) is 0 Å².